The fourth-order valence-electron chi connectivity index (χ4n) is 4.81. The molecule has 0 N–H and O–H groups in total. The van der Waals surface area contributed by atoms with E-state index in [9.17, 15) is 9.59 Å². The lowest BCUT2D eigenvalue weighted by molar-refractivity contribution is -0.140. The summed E-state index contributed by atoms with van der Waals surface area (Å²) >= 11 is 0. The highest BCUT2D eigenvalue weighted by Gasteiger charge is 2.41. The Labute approximate surface area is 188 Å². The average Bonchev–Trinajstić information content (AvgIpc) is 3.11. The first kappa shape index (κ1) is 21.7. The van der Waals surface area contributed by atoms with Crippen LogP contribution in [0.1, 0.15) is 73.1 Å². The van der Waals surface area contributed by atoms with Crippen LogP contribution in [0, 0.1) is 0 Å². The lowest BCUT2D eigenvalue weighted by Gasteiger charge is -2.30. The fraction of sp³-hybridized carbons (Fsp3) is 0.250. The number of hydrogen-bond donors (Lipinski definition) is 0. The summed E-state index contributed by atoms with van der Waals surface area (Å²) in [5, 5.41) is 3.96. The average molecular weight is 426 g/mol. The molecule has 0 heterocycles. The van der Waals surface area contributed by atoms with Crippen molar-refractivity contribution >= 4 is 17.5 Å². The molecule has 162 valence electrons. The topological polar surface area (TPSA) is 55.7 Å². The van der Waals surface area contributed by atoms with Crippen LogP contribution in [0.3, 0.4) is 0 Å². The Balaban J connectivity index is 1.82. The predicted octanol–water partition coefficient (Wildman–Crippen LogP) is 6.29. The van der Waals surface area contributed by atoms with Gasteiger partial charge >= 0.3 is 5.97 Å². The number of nitrogens with zero attached hydrogens (tertiary/aromatic N) is 1. The van der Waals surface area contributed by atoms with E-state index in [4.69, 9.17) is 4.84 Å². The fourth-order valence-corrected chi connectivity index (χ4v) is 4.81. The normalized spacial score (nSPS) is 13.9. The van der Waals surface area contributed by atoms with Crippen molar-refractivity contribution in [1.82, 2.24) is 0 Å². The molecule has 0 spiro atoms. The zero-order valence-electron chi connectivity index (χ0n) is 18.9. The second-order valence-corrected chi connectivity index (χ2v) is 8.26. The number of ketones is 1. The Morgan fingerprint density at radius 1 is 0.781 bits per heavy atom. The van der Waals surface area contributed by atoms with Crippen LogP contribution >= 0.6 is 0 Å². The molecule has 1 aliphatic carbocycles. The summed E-state index contributed by atoms with van der Waals surface area (Å²) in [7, 11) is 0. The van der Waals surface area contributed by atoms with E-state index in [1.165, 1.54) is 29.2 Å². The van der Waals surface area contributed by atoms with E-state index in [1.807, 2.05) is 49.4 Å². The number of rotatable bonds is 6. The third-order valence-electron chi connectivity index (χ3n) is 6.59. The van der Waals surface area contributed by atoms with Gasteiger partial charge in [0.15, 0.2) is 5.78 Å². The molecule has 0 bridgehead atoms. The van der Waals surface area contributed by atoms with Crippen molar-refractivity contribution in [1.29, 1.82) is 0 Å². The van der Waals surface area contributed by atoms with Gasteiger partial charge in [-0.2, -0.15) is 0 Å². The molecule has 32 heavy (non-hydrogen) atoms. The summed E-state index contributed by atoms with van der Waals surface area (Å²) in [4.78, 5) is 29.1. The highest BCUT2D eigenvalue weighted by atomic mass is 16.7. The number of carbonyl (C=O) groups excluding carboxylic acids is 2. The lowest BCUT2D eigenvalue weighted by Crippen LogP contribution is -2.24. The van der Waals surface area contributed by atoms with Crippen molar-refractivity contribution in [2.24, 2.45) is 5.16 Å². The quantitative estimate of drug-likeness (QED) is 0.202. The van der Waals surface area contributed by atoms with Gasteiger partial charge in [-0.15, -0.1) is 0 Å². The molecular weight excluding hydrogens is 398 g/mol. The van der Waals surface area contributed by atoms with E-state index in [2.05, 4.69) is 43.3 Å². The minimum Gasteiger partial charge on any atom is -0.318 e. The SMILES string of the molecule is CCC1(CC)c2cc(C(=O)c3ccccc3)ccc2-c2ccc(C(C)=NOC(C)=O)cc21. The van der Waals surface area contributed by atoms with Gasteiger partial charge in [-0.25, -0.2) is 4.79 Å². The molecule has 0 saturated carbocycles. The molecule has 0 saturated heterocycles. The molecule has 0 aliphatic heterocycles. The van der Waals surface area contributed by atoms with Gasteiger partial charge in [0.25, 0.3) is 0 Å². The Kier molecular flexibility index (Phi) is 5.79. The molecule has 1 aliphatic rings. The molecule has 0 atom stereocenters. The number of oxime groups is 1. The molecule has 3 aromatic carbocycles. The minimum atomic E-state index is -0.440. The van der Waals surface area contributed by atoms with Gasteiger partial charge in [0.1, 0.15) is 0 Å². The minimum absolute atomic E-state index is 0.0375. The maximum Gasteiger partial charge on any atom is 0.331 e. The van der Waals surface area contributed by atoms with Crippen molar-refractivity contribution in [3.8, 4) is 11.1 Å². The van der Waals surface area contributed by atoms with Crippen LogP contribution in [-0.4, -0.2) is 17.5 Å². The highest BCUT2D eigenvalue weighted by molar-refractivity contribution is 6.09. The van der Waals surface area contributed by atoms with Crippen molar-refractivity contribution < 1.29 is 14.4 Å². The third-order valence-corrected chi connectivity index (χ3v) is 6.59. The van der Waals surface area contributed by atoms with E-state index in [0.717, 1.165) is 18.4 Å². The van der Waals surface area contributed by atoms with Gasteiger partial charge in [0.05, 0.1) is 5.71 Å². The molecule has 0 amide bonds. The van der Waals surface area contributed by atoms with Crippen molar-refractivity contribution in [2.75, 3.05) is 0 Å². The number of carbonyl (C=O) groups is 2. The number of fused-ring (bicyclic) bond motifs is 3. The molecule has 3 aromatic rings. The summed E-state index contributed by atoms with van der Waals surface area (Å²) in [6, 6.07) is 21.8. The second-order valence-electron chi connectivity index (χ2n) is 8.26. The van der Waals surface area contributed by atoms with E-state index in [-0.39, 0.29) is 11.2 Å². The smallest absolute Gasteiger partial charge is 0.318 e. The van der Waals surface area contributed by atoms with Crippen LogP contribution in [0.15, 0.2) is 71.9 Å². The van der Waals surface area contributed by atoms with Crippen molar-refractivity contribution in [3.05, 3.63) is 94.5 Å². The first-order valence-electron chi connectivity index (χ1n) is 11.0. The zero-order valence-corrected chi connectivity index (χ0v) is 18.9. The van der Waals surface area contributed by atoms with Crippen LogP contribution in [0.25, 0.3) is 11.1 Å². The van der Waals surface area contributed by atoms with Gasteiger partial charge in [-0.1, -0.05) is 73.6 Å². The van der Waals surface area contributed by atoms with E-state index in [0.29, 0.717) is 16.8 Å². The maximum atomic E-state index is 13.1. The summed E-state index contributed by atoms with van der Waals surface area (Å²) in [5.41, 5.74) is 7.59. The van der Waals surface area contributed by atoms with E-state index >= 15 is 0 Å². The summed E-state index contributed by atoms with van der Waals surface area (Å²) in [5.74, 6) is -0.402. The van der Waals surface area contributed by atoms with Crippen LogP contribution in [0.4, 0.5) is 0 Å². The third kappa shape index (κ3) is 3.56. The van der Waals surface area contributed by atoms with Crippen LogP contribution in [0.2, 0.25) is 0 Å². The maximum absolute atomic E-state index is 13.1. The van der Waals surface area contributed by atoms with Gasteiger partial charge in [-0.05, 0) is 59.7 Å². The van der Waals surface area contributed by atoms with Crippen LogP contribution < -0.4 is 0 Å². The van der Waals surface area contributed by atoms with E-state index in [1.54, 1.807) is 0 Å². The molecule has 4 rings (SSSR count). The Hall–Kier alpha value is -3.53. The summed E-state index contributed by atoms with van der Waals surface area (Å²) < 4.78 is 0. The first-order valence-corrected chi connectivity index (χ1v) is 11.0. The lowest BCUT2D eigenvalue weighted by atomic mass is 9.73. The second kappa shape index (κ2) is 8.54. The van der Waals surface area contributed by atoms with Crippen LogP contribution in [-0.2, 0) is 15.0 Å². The molecule has 0 aromatic heterocycles. The van der Waals surface area contributed by atoms with Crippen LogP contribution in [0.5, 0.6) is 0 Å². The summed E-state index contributed by atoms with van der Waals surface area (Å²) in [6.07, 6.45) is 1.83. The summed E-state index contributed by atoms with van der Waals surface area (Å²) in [6.45, 7) is 7.56. The van der Waals surface area contributed by atoms with Gasteiger partial charge in [-0.3, -0.25) is 4.79 Å². The van der Waals surface area contributed by atoms with E-state index < -0.39 is 5.97 Å². The largest absolute Gasteiger partial charge is 0.331 e. The molecule has 0 fully saturated rings. The number of hydrogen-bond acceptors (Lipinski definition) is 4. The molecule has 4 heteroatoms. The van der Waals surface area contributed by atoms with Gasteiger partial charge in [0.2, 0.25) is 0 Å². The van der Waals surface area contributed by atoms with Crippen molar-refractivity contribution in [3.63, 3.8) is 0 Å². The standard InChI is InChI=1S/C28H27NO3/c1-5-28(6-2)25-16-21(18(3)29-32-19(4)30)12-14-23(25)24-15-13-22(17-26(24)28)27(31)20-10-8-7-9-11-20/h7-17H,5-6H2,1-4H3. The number of benzene rings is 3. The molecular formula is C28H27NO3. The zero-order chi connectivity index (χ0) is 22.9. The Bertz CT molecular complexity index is 1220. The predicted molar refractivity (Wildman–Crippen MR) is 127 cm³/mol. The molecule has 0 radical (unpaired) electrons. The molecule has 4 nitrogen and oxygen atoms in total. The van der Waals surface area contributed by atoms with Gasteiger partial charge in [0, 0.05) is 23.5 Å². The molecule has 0 unspecified atom stereocenters. The monoisotopic (exact) mass is 425 g/mol. The highest BCUT2D eigenvalue weighted by Crippen LogP contribution is 2.53. The Morgan fingerprint density at radius 3 is 1.91 bits per heavy atom. The van der Waals surface area contributed by atoms with Gasteiger partial charge < -0.3 is 4.84 Å². The van der Waals surface area contributed by atoms with Crippen molar-refractivity contribution in [2.45, 2.75) is 46.0 Å². The Morgan fingerprint density at radius 2 is 1.34 bits per heavy atom. The first-order chi connectivity index (χ1) is 15.4.